The molecule has 0 saturated carbocycles. The van der Waals surface area contributed by atoms with Gasteiger partial charge in [-0.2, -0.15) is 5.10 Å². The van der Waals surface area contributed by atoms with Gasteiger partial charge >= 0.3 is 0 Å². The Morgan fingerprint density at radius 2 is 1.79 bits per heavy atom. The lowest BCUT2D eigenvalue weighted by molar-refractivity contribution is 0.394. The van der Waals surface area contributed by atoms with Crippen molar-refractivity contribution in [3.63, 3.8) is 0 Å². The summed E-state index contributed by atoms with van der Waals surface area (Å²) in [6.45, 7) is 2.26. The number of fused-ring (bicyclic) bond motifs is 1. The maximum atomic E-state index is 5.52. The maximum Gasteiger partial charge on any atom is 0.124 e. The second-order valence-electron chi connectivity index (χ2n) is 7.92. The first-order valence-corrected chi connectivity index (χ1v) is 10.8. The molecule has 0 saturated heterocycles. The highest BCUT2D eigenvalue weighted by molar-refractivity contribution is 5.92. The first-order chi connectivity index (χ1) is 16.1. The van der Waals surface area contributed by atoms with Gasteiger partial charge in [0, 0.05) is 72.1 Å². The van der Waals surface area contributed by atoms with Crippen LogP contribution in [0.2, 0.25) is 0 Å². The number of methoxy groups -OCH3 is 2. The molecule has 4 aromatic rings. The number of pyridine rings is 1. The number of anilines is 2. The number of benzene rings is 2. The second-order valence-corrected chi connectivity index (χ2v) is 7.92. The van der Waals surface area contributed by atoms with E-state index in [0.29, 0.717) is 6.54 Å². The fraction of sp³-hybridized carbons (Fsp3) is 0.240. The van der Waals surface area contributed by atoms with Crippen molar-refractivity contribution < 1.29 is 9.47 Å². The predicted molar refractivity (Wildman–Crippen MR) is 131 cm³/mol. The first kappa shape index (κ1) is 20.8. The summed E-state index contributed by atoms with van der Waals surface area (Å²) in [6, 6.07) is 14.3. The van der Waals surface area contributed by atoms with Crippen molar-refractivity contribution in [1.82, 2.24) is 20.1 Å². The van der Waals surface area contributed by atoms with Crippen LogP contribution in [0, 0.1) is 0 Å². The van der Waals surface area contributed by atoms with Crippen molar-refractivity contribution in [2.24, 2.45) is 12.0 Å². The molecule has 8 heteroatoms. The molecule has 2 aromatic heterocycles. The molecule has 0 fully saturated rings. The number of hydrogen-bond donors (Lipinski definition) is 1. The summed E-state index contributed by atoms with van der Waals surface area (Å²) in [5.41, 5.74) is 4.99. The highest BCUT2D eigenvalue weighted by Crippen LogP contribution is 2.34. The number of amidine groups is 1. The van der Waals surface area contributed by atoms with Crippen LogP contribution in [0.4, 0.5) is 11.4 Å². The second kappa shape index (κ2) is 8.82. The topological polar surface area (TPSA) is 76.8 Å². The highest BCUT2D eigenvalue weighted by atomic mass is 16.5. The van der Waals surface area contributed by atoms with Crippen LogP contribution in [-0.4, -0.2) is 54.5 Å². The van der Waals surface area contributed by atoms with Gasteiger partial charge in [-0.05, 0) is 24.3 Å². The van der Waals surface area contributed by atoms with E-state index in [2.05, 4.69) is 43.5 Å². The van der Waals surface area contributed by atoms with Crippen molar-refractivity contribution >= 4 is 28.1 Å². The molecule has 0 bridgehead atoms. The van der Waals surface area contributed by atoms with Crippen LogP contribution in [-0.2, 0) is 7.05 Å². The molecule has 1 aliphatic heterocycles. The van der Waals surface area contributed by atoms with Gasteiger partial charge in [-0.25, -0.2) is 0 Å². The summed E-state index contributed by atoms with van der Waals surface area (Å²) < 4.78 is 12.8. The number of rotatable bonds is 7. The monoisotopic (exact) mass is 442 g/mol. The van der Waals surface area contributed by atoms with Crippen LogP contribution in [0.1, 0.15) is 0 Å². The van der Waals surface area contributed by atoms with Gasteiger partial charge in [0.2, 0.25) is 0 Å². The fourth-order valence-corrected chi connectivity index (χ4v) is 4.00. The van der Waals surface area contributed by atoms with Gasteiger partial charge < -0.3 is 19.7 Å². The molecule has 0 atom stereocenters. The molecule has 0 spiro atoms. The predicted octanol–water partition coefficient (Wildman–Crippen LogP) is 3.79. The van der Waals surface area contributed by atoms with Crippen LogP contribution in [0.3, 0.4) is 0 Å². The maximum absolute atomic E-state index is 5.52. The third kappa shape index (κ3) is 4.32. The molecular weight excluding hydrogens is 416 g/mol. The van der Waals surface area contributed by atoms with Crippen molar-refractivity contribution in [1.29, 1.82) is 0 Å². The molecule has 33 heavy (non-hydrogen) atoms. The lowest BCUT2D eigenvalue weighted by atomic mass is 10.1. The van der Waals surface area contributed by atoms with E-state index in [4.69, 9.17) is 9.47 Å². The van der Waals surface area contributed by atoms with Gasteiger partial charge in [0.25, 0.3) is 0 Å². The minimum absolute atomic E-state index is 0.609. The van der Waals surface area contributed by atoms with E-state index in [1.165, 1.54) is 0 Å². The molecule has 0 amide bonds. The Balaban J connectivity index is 1.60. The number of aryl methyl sites for hydroxylation is 1. The molecule has 5 rings (SSSR count). The minimum Gasteiger partial charge on any atom is -0.497 e. The number of nitrogens with zero attached hydrogens (tertiary/aromatic N) is 5. The Hall–Kier alpha value is -4.07. The van der Waals surface area contributed by atoms with Crippen molar-refractivity contribution in [2.75, 3.05) is 38.8 Å². The fourth-order valence-electron chi connectivity index (χ4n) is 4.00. The van der Waals surface area contributed by atoms with E-state index >= 15 is 0 Å². The molecule has 1 aliphatic rings. The van der Waals surface area contributed by atoms with Gasteiger partial charge in [0.05, 0.1) is 39.0 Å². The van der Waals surface area contributed by atoms with Gasteiger partial charge in [0.1, 0.15) is 17.3 Å². The number of aliphatic imine (C=N–C) groups is 1. The van der Waals surface area contributed by atoms with Gasteiger partial charge in [0.15, 0.2) is 0 Å². The third-order valence-corrected chi connectivity index (χ3v) is 5.71. The SMILES string of the molecule is COc1cc(OC)cc(N(CC2=NCCN2)c2ccc3ncc(-c4cnn(C)c4)cc3c2)c1. The average Bonchev–Trinajstić information content (AvgIpc) is 3.53. The average molecular weight is 443 g/mol. The quantitative estimate of drug-likeness (QED) is 0.469. The standard InChI is InChI=1S/C25H26N6O2/c1-30-15-19(14-29-30)18-8-17-9-20(4-5-24(17)28-13-18)31(16-25-26-6-7-27-25)21-10-22(32-2)12-23(11-21)33-3/h4-5,8-15H,6-7,16H2,1-3H3,(H,26,27). The van der Waals surface area contributed by atoms with Crippen LogP contribution >= 0.6 is 0 Å². The Bertz CT molecular complexity index is 1310. The van der Waals surface area contributed by atoms with Gasteiger partial charge in [-0.3, -0.25) is 14.7 Å². The van der Waals surface area contributed by atoms with Gasteiger partial charge in [-0.1, -0.05) is 0 Å². The summed E-state index contributed by atoms with van der Waals surface area (Å²) in [5, 5.41) is 8.71. The van der Waals surface area contributed by atoms with Gasteiger partial charge in [-0.15, -0.1) is 0 Å². The van der Waals surface area contributed by atoms with E-state index < -0.39 is 0 Å². The summed E-state index contributed by atoms with van der Waals surface area (Å²) in [6.07, 6.45) is 5.73. The van der Waals surface area contributed by atoms with Crippen LogP contribution in [0.15, 0.2) is 66.0 Å². The van der Waals surface area contributed by atoms with Crippen molar-refractivity contribution in [3.8, 4) is 22.6 Å². The highest BCUT2D eigenvalue weighted by Gasteiger charge is 2.17. The Kier molecular flexibility index (Phi) is 5.56. The van der Waals surface area contributed by atoms with Crippen LogP contribution < -0.4 is 19.7 Å². The van der Waals surface area contributed by atoms with E-state index in [1.54, 1.807) is 18.9 Å². The summed E-state index contributed by atoms with van der Waals surface area (Å²) in [5.74, 6) is 2.42. The Labute approximate surface area is 192 Å². The van der Waals surface area contributed by atoms with E-state index in [1.807, 2.05) is 49.9 Å². The molecule has 3 heterocycles. The first-order valence-electron chi connectivity index (χ1n) is 10.8. The largest absolute Gasteiger partial charge is 0.497 e. The summed E-state index contributed by atoms with van der Waals surface area (Å²) >= 11 is 0. The lowest BCUT2D eigenvalue weighted by Crippen LogP contribution is -2.32. The van der Waals surface area contributed by atoms with Crippen LogP contribution in [0.5, 0.6) is 11.5 Å². The number of hydrogen-bond acceptors (Lipinski definition) is 7. The molecule has 0 unspecified atom stereocenters. The molecule has 168 valence electrons. The zero-order valence-electron chi connectivity index (χ0n) is 18.9. The van der Waals surface area contributed by atoms with Crippen molar-refractivity contribution in [3.05, 3.63) is 61.1 Å². The Morgan fingerprint density at radius 3 is 2.45 bits per heavy atom. The Morgan fingerprint density at radius 1 is 0.970 bits per heavy atom. The molecule has 1 N–H and O–H groups in total. The minimum atomic E-state index is 0.609. The van der Waals surface area contributed by atoms with E-state index in [9.17, 15) is 0 Å². The normalized spacial score (nSPS) is 13.0. The molecule has 0 aliphatic carbocycles. The third-order valence-electron chi connectivity index (χ3n) is 5.71. The van der Waals surface area contributed by atoms with Crippen molar-refractivity contribution in [2.45, 2.75) is 0 Å². The summed E-state index contributed by atoms with van der Waals surface area (Å²) in [4.78, 5) is 11.5. The van der Waals surface area contributed by atoms with E-state index in [-0.39, 0.29) is 0 Å². The van der Waals surface area contributed by atoms with Crippen LogP contribution in [0.25, 0.3) is 22.0 Å². The zero-order valence-corrected chi connectivity index (χ0v) is 18.9. The molecule has 2 aromatic carbocycles. The summed E-state index contributed by atoms with van der Waals surface area (Å²) in [7, 11) is 5.23. The zero-order chi connectivity index (χ0) is 22.8. The number of nitrogens with one attached hydrogen (secondary N) is 1. The molecular formula is C25H26N6O2. The molecule has 8 nitrogen and oxygen atoms in total. The lowest BCUT2D eigenvalue weighted by Gasteiger charge is -2.26. The molecule has 0 radical (unpaired) electrons. The van der Waals surface area contributed by atoms with E-state index in [0.717, 1.165) is 63.8 Å². The number of aromatic nitrogens is 3. The smallest absolute Gasteiger partial charge is 0.124 e. The number of ether oxygens (including phenoxy) is 2.